The van der Waals surface area contributed by atoms with Gasteiger partial charge in [-0.3, -0.25) is 5.10 Å². The number of carboxylic acids is 1. The van der Waals surface area contributed by atoms with Crippen molar-refractivity contribution in [2.45, 2.75) is 0 Å². The van der Waals surface area contributed by atoms with Gasteiger partial charge in [-0.1, -0.05) is 15.9 Å². The number of carbonyl (C=O) groups is 1. The Hall–Kier alpha value is -1.69. The summed E-state index contributed by atoms with van der Waals surface area (Å²) in [4.78, 5) is 10.6. The molecule has 4 nitrogen and oxygen atoms in total. The van der Waals surface area contributed by atoms with Crippen LogP contribution in [0.2, 0.25) is 0 Å². The van der Waals surface area contributed by atoms with E-state index in [9.17, 15) is 9.18 Å². The number of aromatic amines is 1. The van der Waals surface area contributed by atoms with Gasteiger partial charge in [-0.2, -0.15) is 5.10 Å². The molecule has 0 atom stereocenters. The number of nitrogens with zero attached hydrogens (tertiary/aromatic N) is 1. The van der Waals surface area contributed by atoms with Gasteiger partial charge in [0, 0.05) is 10.0 Å². The summed E-state index contributed by atoms with van der Waals surface area (Å²) < 4.78 is 13.7. The van der Waals surface area contributed by atoms with Crippen molar-refractivity contribution in [3.63, 3.8) is 0 Å². The molecule has 6 heteroatoms. The lowest BCUT2D eigenvalue weighted by Crippen LogP contribution is -1.95. The number of rotatable bonds is 2. The van der Waals surface area contributed by atoms with Crippen LogP contribution in [0.25, 0.3) is 11.3 Å². The van der Waals surface area contributed by atoms with E-state index in [0.717, 1.165) is 0 Å². The van der Waals surface area contributed by atoms with E-state index in [1.807, 2.05) is 0 Å². The zero-order chi connectivity index (χ0) is 11.7. The molecule has 0 spiro atoms. The first-order valence-corrected chi connectivity index (χ1v) is 5.11. The van der Waals surface area contributed by atoms with Gasteiger partial charge in [0.25, 0.3) is 0 Å². The maximum absolute atomic E-state index is 13.0. The van der Waals surface area contributed by atoms with Gasteiger partial charge in [-0.05, 0) is 24.3 Å². The minimum Gasteiger partial charge on any atom is -0.477 e. The van der Waals surface area contributed by atoms with Crippen molar-refractivity contribution >= 4 is 21.9 Å². The minimum absolute atomic E-state index is 0.0360. The molecule has 0 radical (unpaired) electrons. The SMILES string of the molecule is O=C(O)c1cc(-c2cc(F)ccc2Br)n[nH]1. The summed E-state index contributed by atoms with van der Waals surface area (Å²) in [5, 5.41) is 14.9. The Bertz CT molecular complexity index is 554. The van der Waals surface area contributed by atoms with Crippen molar-refractivity contribution in [2.24, 2.45) is 0 Å². The first-order chi connectivity index (χ1) is 7.58. The Labute approximate surface area is 98.2 Å². The fourth-order valence-corrected chi connectivity index (χ4v) is 1.71. The van der Waals surface area contributed by atoms with Gasteiger partial charge in [-0.25, -0.2) is 9.18 Å². The molecule has 0 saturated heterocycles. The smallest absolute Gasteiger partial charge is 0.353 e. The molecular weight excluding hydrogens is 279 g/mol. The molecule has 0 unspecified atom stereocenters. The van der Waals surface area contributed by atoms with Crippen LogP contribution in [0, 0.1) is 5.82 Å². The van der Waals surface area contributed by atoms with Crippen LogP contribution in [0.3, 0.4) is 0 Å². The summed E-state index contributed by atoms with van der Waals surface area (Å²) in [5.74, 6) is -1.51. The van der Waals surface area contributed by atoms with Crippen molar-refractivity contribution in [2.75, 3.05) is 0 Å². The van der Waals surface area contributed by atoms with Crippen LogP contribution in [-0.2, 0) is 0 Å². The summed E-state index contributed by atoms with van der Waals surface area (Å²) in [6.45, 7) is 0. The number of nitrogens with one attached hydrogen (secondary N) is 1. The standard InChI is InChI=1S/C10H6BrFN2O2/c11-7-2-1-5(12)3-6(7)8-4-9(10(15)16)14-13-8/h1-4H,(H,13,14)(H,15,16). The second kappa shape index (κ2) is 4.05. The van der Waals surface area contributed by atoms with E-state index in [0.29, 0.717) is 15.7 Å². The Kier molecular flexibility index (Phi) is 2.74. The lowest BCUT2D eigenvalue weighted by atomic mass is 10.1. The summed E-state index contributed by atoms with van der Waals surface area (Å²) >= 11 is 3.25. The molecule has 2 N–H and O–H groups in total. The fourth-order valence-electron chi connectivity index (χ4n) is 1.26. The van der Waals surface area contributed by atoms with Crippen LogP contribution < -0.4 is 0 Å². The van der Waals surface area contributed by atoms with Crippen LogP contribution in [0.15, 0.2) is 28.7 Å². The average Bonchev–Trinajstić information content (AvgIpc) is 2.70. The van der Waals surface area contributed by atoms with E-state index >= 15 is 0 Å². The topological polar surface area (TPSA) is 66.0 Å². The Morgan fingerprint density at radius 3 is 2.81 bits per heavy atom. The monoisotopic (exact) mass is 284 g/mol. The van der Waals surface area contributed by atoms with Crippen LogP contribution in [-0.4, -0.2) is 21.3 Å². The van der Waals surface area contributed by atoms with Gasteiger partial charge in [0.05, 0.1) is 5.69 Å². The van der Waals surface area contributed by atoms with Crippen LogP contribution >= 0.6 is 15.9 Å². The number of aromatic carboxylic acids is 1. The second-order valence-corrected chi connectivity index (χ2v) is 3.95. The fraction of sp³-hybridized carbons (Fsp3) is 0. The molecule has 0 saturated carbocycles. The molecule has 0 amide bonds. The number of hydrogen-bond donors (Lipinski definition) is 2. The zero-order valence-electron chi connectivity index (χ0n) is 7.87. The number of carboxylic acid groups (broad SMARTS) is 1. The highest BCUT2D eigenvalue weighted by molar-refractivity contribution is 9.10. The van der Waals surface area contributed by atoms with E-state index in [1.54, 1.807) is 6.07 Å². The number of halogens is 2. The molecule has 0 bridgehead atoms. The average molecular weight is 285 g/mol. The van der Waals surface area contributed by atoms with E-state index < -0.39 is 11.8 Å². The summed E-state index contributed by atoms with van der Waals surface area (Å²) in [7, 11) is 0. The quantitative estimate of drug-likeness (QED) is 0.891. The van der Waals surface area contributed by atoms with Crippen molar-refractivity contribution < 1.29 is 14.3 Å². The number of H-pyrrole nitrogens is 1. The Morgan fingerprint density at radius 2 is 2.19 bits per heavy atom. The van der Waals surface area contributed by atoms with E-state index in [1.165, 1.54) is 18.2 Å². The summed E-state index contributed by atoms with van der Waals surface area (Å²) in [6, 6.07) is 5.48. The third-order valence-corrected chi connectivity index (χ3v) is 2.70. The lowest BCUT2D eigenvalue weighted by molar-refractivity contribution is 0.0690. The van der Waals surface area contributed by atoms with Gasteiger partial charge >= 0.3 is 5.97 Å². The molecular formula is C10H6BrFN2O2. The van der Waals surface area contributed by atoms with Gasteiger partial charge < -0.3 is 5.11 Å². The molecule has 0 fully saturated rings. The zero-order valence-corrected chi connectivity index (χ0v) is 9.45. The third kappa shape index (κ3) is 1.96. The first kappa shape index (κ1) is 10.8. The largest absolute Gasteiger partial charge is 0.477 e. The molecule has 2 aromatic rings. The lowest BCUT2D eigenvalue weighted by Gasteiger charge is -1.99. The number of benzene rings is 1. The van der Waals surface area contributed by atoms with Crippen LogP contribution in [0.5, 0.6) is 0 Å². The highest BCUT2D eigenvalue weighted by atomic mass is 79.9. The second-order valence-electron chi connectivity index (χ2n) is 3.10. The van der Waals surface area contributed by atoms with Crippen molar-refractivity contribution in [3.8, 4) is 11.3 Å². The van der Waals surface area contributed by atoms with E-state index in [-0.39, 0.29) is 5.69 Å². The highest BCUT2D eigenvalue weighted by Gasteiger charge is 2.12. The molecule has 0 aliphatic heterocycles. The first-order valence-electron chi connectivity index (χ1n) is 4.32. The molecule has 1 aromatic heterocycles. The highest BCUT2D eigenvalue weighted by Crippen LogP contribution is 2.27. The van der Waals surface area contributed by atoms with E-state index in [2.05, 4.69) is 26.1 Å². The van der Waals surface area contributed by atoms with Crippen LogP contribution in [0.4, 0.5) is 4.39 Å². The molecule has 2 rings (SSSR count). The van der Waals surface area contributed by atoms with Crippen LogP contribution in [0.1, 0.15) is 10.5 Å². The molecule has 82 valence electrons. The molecule has 1 heterocycles. The van der Waals surface area contributed by atoms with E-state index in [4.69, 9.17) is 5.11 Å². The maximum Gasteiger partial charge on any atom is 0.353 e. The third-order valence-electron chi connectivity index (χ3n) is 2.01. The van der Waals surface area contributed by atoms with Gasteiger partial charge in [0.2, 0.25) is 0 Å². The van der Waals surface area contributed by atoms with Gasteiger partial charge in [0.15, 0.2) is 0 Å². The number of hydrogen-bond acceptors (Lipinski definition) is 2. The van der Waals surface area contributed by atoms with Gasteiger partial charge in [-0.15, -0.1) is 0 Å². The molecule has 0 aliphatic carbocycles. The maximum atomic E-state index is 13.0. The molecule has 0 aliphatic rings. The van der Waals surface area contributed by atoms with Crippen molar-refractivity contribution in [1.29, 1.82) is 0 Å². The molecule has 16 heavy (non-hydrogen) atoms. The van der Waals surface area contributed by atoms with Crippen molar-refractivity contribution in [1.82, 2.24) is 10.2 Å². The minimum atomic E-state index is -1.11. The normalized spacial score (nSPS) is 10.4. The predicted octanol–water partition coefficient (Wildman–Crippen LogP) is 2.68. The number of aromatic nitrogens is 2. The predicted molar refractivity (Wildman–Crippen MR) is 58.6 cm³/mol. The van der Waals surface area contributed by atoms with Crippen molar-refractivity contribution in [3.05, 3.63) is 40.2 Å². The Morgan fingerprint density at radius 1 is 1.44 bits per heavy atom. The molecule has 1 aromatic carbocycles. The summed E-state index contributed by atoms with van der Waals surface area (Å²) in [5.41, 5.74) is 0.846. The Balaban J connectivity index is 2.50. The van der Waals surface area contributed by atoms with Gasteiger partial charge in [0.1, 0.15) is 11.5 Å². The summed E-state index contributed by atoms with van der Waals surface area (Å²) in [6.07, 6.45) is 0.